The Morgan fingerprint density at radius 3 is 2.04 bits per heavy atom. The molecule has 0 N–H and O–H groups in total. The van der Waals surface area contributed by atoms with Crippen molar-refractivity contribution in [1.29, 1.82) is 0 Å². The van der Waals surface area contributed by atoms with Crippen LogP contribution in [-0.2, 0) is 20.1 Å². The molecule has 1 unspecified atom stereocenters. The molecule has 1 radical (unpaired) electrons. The van der Waals surface area contributed by atoms with E-state index >= 15 is 0 Å². The van der Waals surface area contributed by atoms with E-state index in [2.05, 4.69) is 154 Å². The number of rotatable bonds is 6. The minimum absolute atomic E-state index is 0. The van der Waals surface area contributed by atoms with Gasteiger partial charge in [0.1, 0.15) is 5.58 Å². The normalized spacial score (nSPS) is 11.8. The third-order valence-corrected chi connectivity index (χ3v) is 11.2. The first-order chi connectivity index (χ1) is 24.2. The number of nitrogens with zero attached hydrogens (tertiary/aromatic N) is 2. The van der Waals surface area contributed by atoms with Gasteiger partial charge in [-0.05, 0) is 51.0 Å². The number of fused-ring (bicyclic) bond motifs is 3. The Labute approximate surface area is 315 Å². The Morgan fingerprint density at radius 2 is 1.31 bits per heavy atom. The van der Waals surface area contributed by atoms with E-state index < -0.39 is 8.07 Å². The Morgan fingerprint density at radius 1 is 0.627 bits per heavy atom. The molecule has 0 aliphatic carbocycles. The minimum Gasteiger partial charge on any atom is -0.500 e. The van der Waals surface area contributed by atoms with Crippen LogP contribution in [0.5, 0.6) is 0 Å². The molecule has 8 rings (SSSR count). The average molecular weight is 857 g/mol. The largest absolute Gasteiger partial charge is 0.500 e. The molecule has 0 aliphatic rings. The molecule has 0 spiro atoms. The van der Waals surface area contributed by atoms with Gasteiger partial charge in [0.15, 0.2) is 0 Å². The van der Waals surface area contributed by atoms with Gasteiger partial charge in [-0.15, -0.1) is 59.2 Å². The summed E-state index contributed by atoms with van der Waals surface area (Å²) in [6.45, 7) is 11.4. The quantitative estimate of drug-likeness (QED) is 0.124. The third kappa shape index (κ3) is 8.02. The summed E-state index contributed by atoms with van der Waals surface area (Å²) in [6.07, 6.45) is 3.97. The van der Waals surface area contributed by atoms with Gasteiger partial charge in [0, 0.05) is 43.8 Å². The summed E-state index contributed by atoms with van der Waals surface area (Å²) in [7, 11) is -1.47. The summed E-state index contributed by atoms with van der Waals surface area (Å²) in [6, 6.07) is 52.7. The second-order valence-electron chi connectivity index (χ2n) is 13.8. The van der Waals surface area contributed by atoms with Crippen molar-refractivity contribution >= 4 is 35.2 Å². The van der Waals surface area contributed by atoms with E-state index in [9.17, 15) is 0 Å². The predicted molar refractivity (Wildman–Crippen MR) is 211 cm³/mol. The standard InChI is InChI=1S/C25H18NO.C21H22NSi.Ir/c1-17(18-7-3-2-4-8-18)19-13-14-26-23(16-19)20-11-12-25-22(15-20)21-9-5-6-10-24(21)27-25;1-16-10-12-18(13-11-16)20-14-19(17-8-6-5-7-9-17)21(15-22-20)23(2,3)4;/h2-10,12-17H,1H3;5-12,14-15H,1-4H3;/q2*-1;. The first kappa shape index (κ1) is 35.9. The van der Waals surface area contributed by atoms with Crippen LogP contribution in [0.4, 0.5) is 0 Å². The van der Waals surface area contributed by atoms with Crippen molar-refractivity contribution in [2.24, 2.45) is 0 Å². The summed E-state index contributed by atoms with van der Waals surface area (Å²) in [5.41, 5.74) is 12.1. The van der Waals surface area contributed by atoms with Gasteiger partial charge in [-0.2, -0.15) is 0 Å². The molecule has 0 aliphatic heterocycles. The number of hydrogen-bond acceptors (Lipinski definition) is 3. The summed E-state index contributed by atoms with van der Waals surface area (Å²) >= 11 is 0. The second kappa shape index (κ2) is 15.5. The first-order valence-electron chi connectivity index (χ1n) is 17.1. The maximum atomic E-state index is 5.91. The van der Waals surface area contributed by atoms with Gasteiger partial charge in [0.2, 0.25) is 0 Å². The SMILES string of the molecule is CC(c1ccccc1)c1ccnc(-c2[c-]cc3oc4ccccc4c3c2)c1.Cc1c[c-]c(-c2cc(-c3ccccc3)c([Si](C)(C)C)cn2)cc1.[Ir]. The first-order valence-corrected chi connectivity index (χ1v) is 20.6. The Kier molecular flexibility index (Phi) is 10.9. The molecular weight excluding hydrogens is 817 g/mol. The Bertz CT molecular complexity index is 2380. The Balaban J connectivity index is 0.000000175. The zero-order valence-corrected chi connectivity index (χ0v) is 33.0. The van der Waals surface area contributed by atoms with E-state index in [1.807, 2.05) is 42.6 Å². The van der Waals surface area contributed by atoms with Gasteiger partial charge in [0.25, 0.3) is 0 Å². The van der Waals surface area contributed by atoms with Crippen LogP contribution in [0.15, 0.2) is 150 Å². The average Bonchev–Trinajstić information content (AvgIpc) is 3.53. The number of aromatic nitrogens is 2. The van der Waals surface area contributed by atoms with Crippen LogP contribution in [-0.4, -0.2) is 18.0 Å². The van der Waals surface area contributed by atoms with Gasteiger partial charge in [-0.25, -0.2) is 0 Å². The van der Waals surface area contributed by atoms with Gasteiger partial charge in [-0.1, -0.05) is 130 Å². The predicted octanol–water partition coefficient (Wildman–Crippen LogP) is 11.7. The summed E-state index contributed by atoms with van der Waals surface area (Å²) in [5, 5.41) is 3.62. The number of aryl methyl sites for hydroxylation is 1. The molecule has 3 heterocycles. The fourth-order valence-electron chi connectivity index (χ4n) is 6.33. The molecule has 1 atom stereocenters. The molecule has 3 aromatic heterocycles. The maximum absolute atomic E-state index is 5.91. The van der Waals surface area contributed by atoms with Crippen LogP contribution in [0, 0.1) is 19.1 Å². The molecule has 255 valence electrons. The van der Waals surface area contributed by atoms with E-state index in [-0.39, 0.29) is 20.1 Å². The van der Waals surface area contributed by atoms with Crippen molar-refractivity contribution in [2.75, 3.05) is 0 Å². The van der Waals surface area contributed by atoms with E-state index in [1.54, 1.807) is 0 Å². The molecule has 3 nitrogen and oxygen atoms in total. The maximum Gasteiger partial charge on any atom is 0.120 e. The molecule has 0 fully saturated rings. The molecule has 0 bridgehead atoms. The van der Waals surface area contributed by atoms with Crippen LogP contribution < -0.4 is 5.19 Å². The van der Waals surface area contributed by atoms with Gasteiger partial charge >= 0.3 is 0 Å². The summed E-state index contributed by atoms with van der Waals surface area (Å²) < 4.78 is 5.91. The smallest absolute Gasteiger partial charge is 0.120 e. The van der Waals surface area contributed by atoms with Crippen molar-refractivity contribution in [3.63, 3.8) is 0 Å². The van der Waals surface area contributed by atoms with E-state index in [0.29, 0.717) is 5.92 Å². The van der Waals surface area contributed by atoms with E-state index in [4.69, 9.17) is 9.40 Å². The zero-order chi connectivity index (χ0) is 34.7. The fraction of sp³-hybridized carbons (Fsp3) is 0.130. The van der Waals surface area contributed by atoms with Gasteiger partial charge < -0.3 is 14.4 Å². The van der Waals surface area contributed by atoms with Crippen molar-refractivity contribution in [3.8, 4) is 33.6 Å². The number of pyridine rings is 2. The van der Waals surface area contributed by atoms with Crippen LogP contribution in [0.3, 0.4) is 0 Å². The van der Waals surface area contributed by atoms with Gasteiger partial charge in [0.05, 0.1) is 13.7 Å². The number of benzene rings is 5. The van der Waals surface area contributed by atoms with E-state index in [1.165, 1.54) is 33.0 Å². The number of para-hydroxylation sites is 1. The Hall–Kier alpha value is -4.93. The van der Waals surface area contributed by atoms with Crippen molar-refractivity contribution in [2.45, 2.75) is 39.4 Å². The van der Waals surface area contributed by atoms with Gasteiger partial charge in [-0.3, -0.25) is 0 Å². The molecule has 5 aromatic carbocycles. The molecule has 0 amide bonds. The van der Waals surface area contributed by atoms with Crippen LogP contribution >= 0.6 is 0 Å². The van der Waals surface area contributed by atoms with E-state index in [0.717, 1.165) is 44.5 Å². The molecule has 8 aromatic rings. The number of furan rings is 1. The molecule has 5 heteroatoms. The summed E-state index contributed by atoms with van der Waals surface area (Å²) in [5.74, 6) is 0.312. The number of hydrogen-bond donors (Lipinski definition) is 0. The van der Waals surface area contributed by atoms with Crippen LogP contribution in [0.2, 0.25) is 19.6 Å². The molecule has 51 heavy (non-hydrogen) atoms. The van der Waals surface area contributed by atoms with Crippen molar-refractivity contribution in [3.05, 3.63) is 175 Å². The molecular formula is C46H40IrN2OSi-2. The fourth-order valence-corrected chi connectivity index (χ4v) is 7.81. The van der Waals surface area contributed by atoms with Crippen LogP contribution in [0.1, 0.15) is 29.5 Å². The zero-order valence-electron chi connectivity index (χ0n) is 29.6. The molecule has 0 saturated carbocycles. The van der Waals surface area contributed by atoms with Crippen LogP contribution in [0.25, 0.3) is 55.6 Å². The van der Waals surface area contributed by atoms with Crippen molar-refractivity contribution in [1.82, 2.24) is 9.97 Å². The minimum atomic E-state index is -1.47. The molecule has 0 saturated heterocycles. The second-order valence-corrected chi connectivity index (χ2v) is 18.9. The third-order valence-electron chi connectivity index (χ3n) is 9.21. The van der Waals surface area contributed by atoms with Crippen molar-refractivity contribution < 1.29 is 24.5 Å². The monoisotopic (exact) mass is 857 g/mol. The summed E-state index contributed by atoms with van der Waals surface area (Å²) in [4.78, 5) is 9.33. The topological polar surface area (TPSA) is 38.9 Å².